The summed E-state index contributed by atoms with van der Waals surface area (Å²) in [6.45, 7) is 0. The van der Waals surface area contributed by atoms with Gasteiger partial charge in [-0.05, 0) is 28.8 Å². The highest BCUT2D eigenvalue weighted by atomic mass is 79.9. The average Bonchev–Trinajstić information content (AvgIpc) is 2.97. The lowest BCUT2D eigenvalue weighted by atomic mass is 10.4. The van der Waals surface area contributed by atoms with Crippen molar-refractivity contribution < 1.29 is 0 Å². The topological polar surface area (TPSA) is 56.5 Å². The van der Waals surface area contributed by atoms with E-state index in [0.29, 0.717) is 16.3 Å². The van der Waals surface area contributed by atoms with Gasteiger partial charge in [0.2, 0.25) is 0 Å². The lowest BCUT2D eigenvalue weighted by Crippen LogP contribution is -1.99. The second kappa shape index (κ2) is 3.37. The summed E-state index contributed by atoms with van der Waals surface area (Å²) in [7, 11) is 0. The van der Waals surface area contributed by atoms with Crippen molar-refractivity contribution in [3.8, 4) is 5.82 Å². The van der Waals surface area contributed by atoms with Gasteiger partial charge in [-0.2, -0.15) is 0 Å². The highest BCUT2D eigenvalue weighted by Crippen LogP contribution is 2.37. The minimum absolute atomic E-state index is 0.561. The van der Waals surface area contributed by atoms with Gasteiger partial charge in [-0.15, -0.1) is 5.10 Å². The van der Waals surface area contributed by atoms with Gasteiger partial charge in [-0.25, -0.2) is 14.6 Å². The molecule has 0 aliphatic heterocycles. The Balaban J connectivity index is 1.97. The van der Waals surface area contributed by atoms with E-state index in [1.165, 1.54) is 12.8 Å². The Bertz CT molecular complexity index is 491. The van der Waals surface area contributed by atoms with Crippen LogP contribution in [0.3, 0.4) is 0 Å². The minimum Gasteiger partial charge on any atom is -0.258 e. The average molecular weight is 266 g/mol. The van der Waals surface area contributed by atoms with Gasteiger partial charge in [0.1, 0.15) is 10.9 Å². The van der Waals surface area contributed by atoms with Crippen LogP contribution in [0.25, 0.3) is 5.82 Å². The second-order valence-corrected chi connectivity index (χ2v) is 4.33. The largest absolute Gasteiger partial charge is 0.258 e. The van der Waals surface area contributed by atoms with Gasteiger partial charge >= 0.3 is 0 Å². The lowest BCUT2D eigenvalue weighted by Gasteiger charge is -1.97. The van der Waals surface area contributed by atoms with Crippen molar-refractivity contribution in [3.63, 3.8) is 0 Å². The van der Waals surface area contributed by atoms with Crippen LogP contribution in [0.2, 0.25) is 0 Å². The lowest BCUT2D eigenvalue weighted by molar-refractivity contribution is 0.802. The zero-order chi connectivity index (χ0) is 10.3. The Morgan fingerprint density at radius 1 is 1.33 bits per heavy atom. The first-order valence-corrected chi connectivity index (χ1v) is 5.52. The predicted octanol–water partition coefficient (Wildman–Crippen LogP) is 1.70. The number of halogens is 1. The molecule has 3 rings (SSSR count). The molecule has 2 aromatic heterocycles. The van der Waals surface area contributed by atoms with E-state index in [9.17, 15) is 0 Å². The van der Waals surface area contributed by atoms with E-state index in [2.05, 4.69) is 36.0 Å². The fourth-order valence-electron chi connectivity index (χ4n) is 1.36. The maximum atomic E-state index is 4.37. The molecule has 0 N–H and O–H groups in total. The van der Waals surface area contributed by atoms with Gasteiger partial charge in [0, 0.05) is 5.92 Å². The summed E-state index contributed by atoms with van der Waals surface area (Å²) in [5.74, 6) is 2.16. The Labute approximate surface area is 94.7 Å². The van der Waals surface area contributed by atoms with Crippen LogP contribution in [0.5, 0.6) is 0 Å². The van der Waals surface area contributed by atoms with E-state index in [1.807, 2.05) is 0 Å². The van der Waals surface area contributed by atoms with Crippen molar-refractivity contribution in [1.82, 2.24) is 24.7 Å². The van der Waals surface area contributed by atoms with Crippen LogP contribution in [0.4, 0.5) is 0 Å². The van der Waals surface area contributed by atoms with Crippen LogP contribution in [-0.4, -0.2) is 24.7 Å². The quantitative estimate of drug-likeness (QED) is 0.830. The van der Waals surface area contributed by atoms with Crippen molar-refractivity contribution in [2.24, 2.45) is 0 Å². The Morgan fingerprint density at radius 2 is 2.20 bits per heavy atom. The molecule has 0 bridgehead atoms. The third-order valence-electron chi connectivity index (χ3n) is 2.28. The minimum atomic E-state index is 0.561. The normalized spacial score (nSPS) is 15.5. The molecule has 1 fully saturated rings. The zero-order valence-corrected chi connectivity index (χ0v) is 9.42. The summed E-state index contributed by atoms with van der Waals surface area (Å²) >= 11 is 3.27. The molecule has 2 heterocycles. The Hall–Kier alpha value is -1.30. The van der Waals surface area contributed by atoms with Crippen LogP contribution >= 0.6 is 15.9 Å². The maximum absolute atomic E-state index is 4.37. The number of hydrogen-bond acceptors (Lipinski definition) is 4. The Kier molecular flexibility index (Phi) is 2.02. The van der Waals surface area contributed by atoms with Crippen LogP contribution in [-0.2, 0) is 0 Å². The molecule has 76 valence electrons. The first-order valence-electron chi connectivity index (χ1n) is 4.72. The van der Waals surface area contributed by atoms with Crippen LogP contribution < -0.4 is 0 Å². The molecule has 1 aliphatic rings. The predicted molar refractivity (Wildman–Crippen MR) is 56.6 cm³/mol. The zero-order valence-electron chi connectivity index (χ0n) is 7.84. The van der Waals surface area contributed by atoms with Gasteiger partial charge in [0.05, 0.1) is 12.4 Å². The molecule has 0 radical (unpaired) electrons. The molecule has 0 amide bonds. The SMILES string of the molecule is Brc1cncc(-n2cnc(C3CC3)n2)n1. The molecular weight excluding hydrogens is 258 g/mol. The third kappa shape index (κ3) is 1.77. The van der Waals surface area contributed by atoms with E-state index in [-0.39, 0.29) is 0 Å². The van der Waals surface area contributed by atoms with Crippen molar-refractivity contribution >= 4 is 15.9 Å². The monoisotopic (exact) mass is 265 g/mol. The summed E-state index contributed by atoms with van der Waals surface area (Å²) in [4.78, 5) is 12.5. The maximum Gasteiger partial charge on any atom is 0.174 e. The van der Waals surface area contributed by atoms with Gasteiger partial charge < -0.3 is 0 Å². The number of nitrogens with zero attached hydrogens (tertiary/aromatic N) is 5. The first-order chi connectivity index (χ1) is 7.33. The molecule has 1 saturated carbocycles. The molecule has 0 unspecified atom stereocenters. The van der Waals surface area contributed by atoms with Crippen molar-refractivity contribution in [1.29, 1.82) is 0 Å². The number of rotatable bonds is 2. The molecule has 6 heteroatoms. The van der Waals surface area contributed by atoms with E-state index < -0.39 is 0 Å². The van der Waals surface area contributed by atoms with Gasteiger partial charge in [0.25, 0.3) is 0 Å². The fraction of sp³-hybridized carbons (Fsp3) is 0.333. The highest BCUT2D eigenvalue weighted by molar-refractivity contribution is 9.10. The number of aromatic nitrogens is 5. The smallest absolute Gasteiger partial charge is 0.174 e. The molecule has 0 atom stereocenters. The summed E-state index contributed by atoms with van der Waals surface area (Å²) in [5, 5.41) is 4.37. The van der Waals surface area contributed by atoms with E-state index in [0.717, 1.165) is 5.82 Å². The van der Waals surface area contributed by atoms with Gasteiger partial charge in [0.15, 0.2) is 11.6 Å². The Morgan fingerprint density at radius 3 is 2.93 bits per heavy atom. The first kappa shape index (κ1) is 8.96. The molecule has 2 aromatic rings. The molecule has 0 spiro atoms. The standard InChI is InChI=1S/C9H8BrN5/c10-7-3-11-4-8(13-7)15-5-12-9(14-15)6-1-2-6/h3-6H,1-2H2. The molecular formula is C9H8BrN5. The molecule has 0 aromatic carbocycles. The van der Waals surface area contributed by atoms with Gasteiger partial charge in [-0.1, -0.05) is 0 Å². The molecule has 1 aliphatic carbocycles. The molecule has 5 nitrogen and oxygen atoms in total. The van der Waals surface area contributed by atoms with Crippen molar-refractivity contribution in [3.05, 3.63) is 29.1 Å². The summed E-state index contributed by atoms with van der Waals surface area (Å²) < 4.78 is 2.36. The van der Waals surface area contributed by atoms with Gasteiger partial charge in [-0.3, -0.25) is 4.98 Å². The molecule has 0 saturated heterocycles. The van der Waals surface area contributed by atoms with Crippen LogP contribution in [0, 0.1) is 0 Å². The van der Waals surface area contributed by atoms with E-state index in [1.54, 1.807) is 23.4 Å². The fourth-order valence-corrected chi connectivity index (χ4v) is 1.66. The van der Waals surface area contributed by atoms with E-state index in [4.69, 9.17) is 0 Å². The van der Waals surface area contributed by atoms with Crippen LogP contribution in [0.1, 0.15) is 24.6 Å². The third-order valence-corrected chi connectivity index (χ3v) is 2.66. The second-order valence-electron chi connectivity index (χ2n) is 3.52. The van der Waals surface area contributed by atoms with Crippen molar-refractivity contribution in [2.75, 3.05) is 0 Å². The molecule has 15 heavy (non-hydrogen) atoms. The van der Waals surface area contributed by atoms with E-state index >= 15 is 0 Å². The van der Waals surface area contributed by atoms with Crippen molar-refractivity contribution in [2.45, 2.75) is 18.8 Å². The summed E-state index contributed by atoms with van der Waals surface area (Å²) in [5.41, 5.74) is 0. The summed E-state index contributed by atoms with van der Waals surface area (Å²) in [6, 6.07) is 0. The summed E-state index contributed by atoms with van der Waals surface area (Å²) in [6.07, 6.45) is 7.39. The highest BCUT2D eigenvalue weighted by Gasteiger charge is 2.27. The van der Waals surface area contributed by atoms with Crippen LogP contribution in [0.15, 0.2) is 23.3 Å². The number of hydrogen-bond donors (Lipinski definition) is 0.